The molecule has 0 amide bonds. The number of hydrogen-bond donors (Lipinski definition) is 2. The Labute approximate surface area is 117 Å². The summed E-state index contributed by atoms with van der Waals surface area (Å²) in [6, 6.07) is 0.849. The minimum absolute atomic E-state index is 0.292. The van der Waals surface area contributed by atoms with Crippen molar-refractivity contribution in [2.24, 2.45) is 0 Å². The lowest BCUT2D eigenvalue weighted by Crippen LogP contribution is -2.45. The predicted octanol–water partition coefficient (Wildman–Crippen LogP) is 0.531. The van der Waals surface area contributed by atoms with Crippen molar-refractivity contribution in [3.8, 4) is 0 Å². The van der Waals surface area contributed by atoms with Gasteiger partial charge >= 0.3 is 0 Å². The lowest BCUT2D eigenvalue weighted by atomic mass is 10.3. The molecule has 2 aliphatic rings. The minimum atomic E-state index is -3.19. The number of likely N-dealkylation sites (tertiary alicyclic amines) is 1. The number of hydrogen-bond acceptors (Lipinski definition) is 4. The van der Waals surface area contributed by atoms with Crippen LogP contribution in [-0.2, 0) is 10.0 Å². The van der Waals surface area contributed by atoms with Gasteiger partial charge in [-0.2, -0.15) is 0 Å². The molecule has 2 unspecified atom stereocenters. The Kier molecular flexibility index (Phi) is 5.22. The van der Waals surface area contributed by atoms with Crippen molar-refractivity contribution in [3.05, 3.63) is 0 Å². The van der Waals surface area contributed by atoms with Gasteiger partial charge in [-0.3, -0.25) is 4.90 Å². The summed E-state index contributed by atoms with van der Waals surface area (Å²) in [5.74, 6) is 0. The second-order valence-corrected chi connectivity index (χ2v) is 8.16. The number of sulfonamides is 1. The number of nitrogens with zero attached hydrogens (tertiary/aromatic N) is 1. The molecule has 1 saturated carbocycles. The van der Waals surface area contributed by atoms with Gasteiger partial charge in [-0.15, -0.1) is 0 Å². The molecule has 2 fully saturated rings. The van der Waals surface area contributed by atoms with Gasteiger partial charge in [-0.25, -0.2) is 13.1 Å². The molecular formula is C13H27N3O2S. The Balaban J connectivity index is 1.72. The lowest BCUT2D eigenvalue weighted by Gasteiger charge is -2.24. The van der Waals surface area contributed by atoms with Gasteiger partial charge in [0.25, 0.3) is 0 Å². The van der Waals surface area contributed by atoms with Gasteiger partial charge in [0, 0.05) is 25.2 Å². The molecule has 2 rings (SSSR count). The number of rotatable bonds is 8. The van der Waals surface area contributed by atoms with Crippen molar-refractivity contribution in [2.75, 3.05) is 26.2 Å². The zero-order valence-electron chi connectivity index (χ0n) is 12.1. The highest BCUT2D eigenvalue weighted by Gasteiger charge is 2.26. The Morgan fingerprint density at radius 2 is 1.79 bits per heavy atom. The normalized spacial score (nSPS) is 24.5. The average molecular weight is 289 g/mol. The third-order valence-corrected chi connectivity index (χ3v) is 5.94. The zero-order valence-corrected chi connectivity index (χ0v) is 12.9. The highest BCUT2D eigenvalue weighted by Crippen LogP contribution is 2.18. The van der Waals surface area contributed by atoms with E-state index in [0.29, 0.717) is 25.2 Å². The largest absolute Gasteiger partial charge is 0.313 e. The summed E-state index contributed by atoms with van der Waals surface area (Å²) in [6.45, 7) is 7.15. The summed E-state index contributed by atoms with van der Waals surface area (Å²) < 4.78 is 27.0. The molecule has 0 spiro atoms. The maximum Gasteiger partial charge on any atom is 0.215 e. The molecule has 5 nitrogen and oxygen atoms in total. The van der Waals surface area contributed by atoms with Crippen LogP contribution >= 0.6 is 0 Å². The minimum Gasteiger partial charge on any atom is -0.313 e. The highest BCUT2D eigenvalue weighted by molar-refractivity contribution is 7.90. The van der Waals surface area contributed by atoms with E-state index in [0.717, 1.165) is 13.1 Å². The number of nitrogens with one attached hydrogen (secondary N) is 2. The van der Waals surface area contributed by atoms with Crippen molar-refractivity contribution in [1.29, 1.82) is 0 Å². The van der Waals surface area contributed by atoms with Crippen LogP contribution in [0.1, 0.15) is 39.5 Å². The topological polar surface area (TPSA) is 61.4 Å². The van der Waals surface area contributed by atoms with Crippen molar-refractivity contribution in [1.82, 2.24) is 14.9 Å². The predicted molar refractivity (Wildman–Crippen MR) is 77.7 cm³/mol. The second kappa shape index (κ2) is 6.52. The molecule has 2 N–H and O–H groups in total. The van der Waals surface area contributed by atoms with Crippen LogP contribution in [0.5, 0.6) is 0 Å². The van der Waals surface area contributed by atoms with Crippen LogP contribution in [0.4, 0.5) is 0 Å². The van der Waals surface area contributed by atoms with E-state index in [1.165, 1.54) is 25.7 Å². The van der Waals surface area contributed by atoms with Crippen molar-refractivity contribution in [3.63, 3.8) is 0 Å². The Morgan fingerprint density at radius 1 is 1.16 bits per heavy atom. The van der Waals surface area contributed by atoms with Crippen molar-refractivity contribution >= 4 is 10.0 Å². The van der Waals surface area contributed by atoms with E-state index < -0.39 is 10.0 Å². The summed E-state index contributed by atoms with van der Waals surface area (Å²) >= 11 is 0. The summed E-state index contributed by atoms with van der Waals surface area (Å²) in [5, 5.41) is 2.91. The molecule has 0 aromatic carbocycles. The first-order valence-corrected chi connectivity index (χ1v) is 8.99. The fraction of sp³-hybridized carbons (Fsp3) is 1.00. The first-order chi connectivity index (χ1) is 8.99. The van der Waals surface area contributed by atoms with Gasteiger partial charge in [-0.05, 0) is 52.6 Å². The Morgan fingerprint density at radius 3 is 2.37 bits per heavy atom. The monoisotopic (exact) mass is 289 g/mol. The molecule has 19 heavy (non-hydrogen) atoms. The van der Waals surface area contributed by atoms with Crippen LogP contribution < -0.4 is 10.0 Å². The Hall–Kier alpha value is -0.170. The molecule has 1 saturated heterocycles. The highest BCUT2D eigenvalue weighted by atomic mass is 32.2. The second-order valence-electron chi connectivity index (χ2n) is 5.98. The van der Waals surface area contributed by atoms with E-state index in [1.807, 2.05) is 0 Å². The summed E-state index contributed by atoms with van der Waals surface area (Å²) in [5.41, 5.74) is 0. The van der Waals surface area contributed by atoms with Crippen molar-refractivity contribution < 1.29 is 8.42 Å². The van der Waals surface area contributed by atoms with Crippen LogP contribution in [-0.4, -0.2) is 56.8 Å². The third-order valence-electron chi connectivity index (χ3n) is 4.14. The molecule has 2 atom stereocenters. The standard InChI is InChI=1S/C13H27N3O2S/c1-11(16-7-3-4-8-16)9-15-19(17,18)12(2)10-14-13-5-6-13/h11-15H,3-10H2,1-2H3. The van der Waals surface area contributed by atoms with Gasteiger partial charge in [0.2, 0.25) is 10.0 Å². The van der Waals surface area contributed by atoms with Gasteiger partial charge in [0.15, 0.2) is 0 Å². The van der Waals surface area contributed by atoms with E-state index in [1.54, 1.807) is 6.92 Å². The van der Waals surface area contributed by atoms with Gasteiger partial charge < -0.3 is 5.32 Å². The smallest absolute Gasteiger partial charge is 0.215 e. The average Bonchev–Trinajstić information content (AvgIpc) is 3.04. The molecular weight excluding hydrogens is 262 g/mol. The maximum atomic E-state index is 12.1. The van der Waals surface area contributed by atoms with E-state index in [2.05, 4.69) is 21.9 Å². The van der Waals surface area contributed by atoms with Crippen LogP contribution in [0.3, 0.4) is 0 Å². The van der Waals surface area contributed by atoms with E-state index in [9.17, 15) is 8.42 Å². The van der Waals surface area contributed by atoms with Crippen molar-refractivity contribution in [2.45, 2.75) is 56.9 Å². The third kappa shape index (κ3) is 4.70. The molecule has 1 aliphatic heterocycles. The Bertz CT molecular complexity index is 375. The van der Waals surface area contributed by atoms with E-state index in [4.69, 9.17) is 0 Å². The van der Waals surface area contributed by atoms with Gasteiger partial charge in [0.05, 0.1) is 5.25 Å². The maximum absolute atomic E-state index is 12.1. The lowest BCUT2D eigenvalue weighted by molar-refractivity contribution is 0.259. The first-order valence-electron chi connectivity index (χ1n) is 7.45. The van der Waals surface area contributed by atoms with Crippen LogP contribution in [0, 0.1) is 0 Å². The molecule has 0 bridgehead atoms. The molecule has 0 radical (unpaired) electrons. The molecule has 1 heterocycles. The molecule has 0 aromatic heterocycles. The van der Waals surface area contributed by atoms with Gasteiger partial charge in [-0.1, -0.05) is 0 Å². The summed E-state index contributed by atoms with van der Waals surface area (Å²) in [7, 11) is -3.19. The van der Waals surface area contributed by atoms with E-state index in [-0.39, 0.29) is 5.25 Å². The molecule has 6 heteroatoms. The SMILES string of the molecule is CC(CNS(=O)(=O)C(C)CNC1CC1)N1CCCC1. The quantitative estimate of drug-likeness (QED) is 0.684. The van der Waals surface area contributed by atoms with Crippen LogP contribution in [0.15, 0.2) is 0 Å². The van der Waals surface area contributed by atoms with Crippen LogP contribution in [0.2, 0.25) is 0 Å². The van der Waals surface area contributed by atoms with Gasteiger partial charge in [0.1, 0.15) is 0 Å². The fourth-order valence-corrected chi connectivity index (χ4v) is 3.49. The van der Waals surface area contributed by atoms with E-state index >= 15 is 0 Å². The zero-order chi connectivity index (χ0) is 13.9. The molecule has 112 valence electrons. The first kappa shape index (κ1) is 15.2. The van der Waals surface area contributed by atoms with Crippen LogP contribution in [0.25, 0.3) is 0 Å². The molecule has 0 aromatic rings. The summed E-state index contributed by atoms with van der Waals surface area (Å²) in [4.78, 5) is 2.36. The summed E-state index contributed by atoms with van der Waals surface area (Å²) in [6.07, 6.45) is 4.84. The fourth-order valence-electron chi connectivity index (χ4n) is 2.42. The molecule has 1 aliphatic carbocycles.